The minimum absolute atomic E-state index is 0.695. The van der Waals surface area contributed by atoms with E-state index in [-0.39, 0.29) is 0 Å². The second-order valence-corrected chi connectivity index (χ2v) is 6.96. The minimum Gasteiger partial charge on any atom is -0.437 e. The van der Waals surface area contributed by atoms with Gasteiger partial charge in [0.15, 0.2) is 11.8 Å². The fraction of sp³-hybridized carbons (Fsp3) is 0.130. The van der Waals surface area contributed by atoms with Crippen molar-refractivity contribution in [3.63, 3.8) is 0 Å². The Bertz CT molecular complexity index is 1310. The standard InChI is InChI=1S/C23H19N2O/c1-14-8-11-19(25(3)13-14)20-15(2)9-10-18-21-17-7-5-4-6-16(17)12-24-23(21)26-22(18)20/h4-13H,1-3H3/q+1. The van der Waals surface area contributed by atoms with Gasteiger partial charge in [-0.05, 0) is 30.9 Å². The molecule has 0 amide bonds. The molecule has 0 bridgehead atoms. The zero-order valence-electron chi connectivity index (χ0n) is 15.1. The Morgan fingerprint density at radius 3 is 2.62 bits per heavy atom. The fourth-order valence-corrected chi connectivity index (χ4v) is 3.89. The van der Waals surface area contributed by atoms with Crippen LogP contribution in [0, 0.1) is 13.8 Å². The quantitative estimate of drug-likeness (QED) is 0.391. The van der Waals surface area contributed by atoms with Crippen LogP contribution in [-0.4, -0.2) is 4.98 Å². The highest BCUT2D eigenvalue weighted by Crippen LogP contribution is 2.38. The molecule has 2 aromatic carbocycles. The molecule has 0 spiro atoms. The summed E-state index contributed by atoms with van der Waals surface area (Å²) in [5.41, 5.74) is 6.30. The molecule has 3 heteroatoms. The first-order valence-corrected chi connectivity index (χ1v) is 8.80. The van der Waals surface area contributed by atoms with Gasteiger partial charge in [0.25, 0.3) is 0 Å². The molecule has 0 saturated heterocycles. The molecule has 5 rings (SSSR count). The van der Waals surface area contributed by atoms with Crippen molar-refractivity contribution in [2.24, 2.45) is 7.05 Å². The van der Waals surface area contributed by atoms with Crippen LogP contribution < -0.4 is 4.57 Å². The molecular formula is C23H19N2O+. The summed E-state index contributed by atoms with van der Waals surface area (Å²) in [6.45, 7) is 4.24. The molecule has 126 valence electrons. The first kappa shape index (κ1) is 15.1. The third kappa shape index (κ3) is 2.07. The molecule has 0 aliphatic heterocycles. The van der Waals surface area contributed by atoms with Gasteiger partial charge in [0.05, 0.1) is 10.9 Å². The maximum Gasteiger partial charge on any atom is 0.227 e. The molecule has 3 aromatic heterocycles. The predicted octanol–water partition coefficient (Wildman–Crippen LogP) is 5.24. The second kappa shape index (κ2) is 5.40. The van der Waals surface area contributed by atoms with Crippen LogP contribution in [0.2, 0.25) is 0 Å². The lowest BCUT2D eigenvalue weighted by Gasteiger charge is -2.06. The summed E-state index contributed by atoms with van der Waals surface area (Å²) in [6, 6.07) is 17.0. The van der Waals surface area contributed by atoms with Crippen molar-refractivity contribution in [1.82, 2.24) is 4.98 Å². The van der Waals surface area contributed by atoms with Gasteiger partial charge in [-0.2, -0.15) is 0 Å². The molecule has 0 saturated carbocycles. The van der Waals surface area contributed by atoms with Crippen LogP contribution in [-0.2, 0) is 7.05 Å². The van der Waals surface area contributed by atoms with Crippen LogP contribution in [0.15, 0.2) is 65.3 Å². The van der Waals surface area contributed by atoms with Crippen LogP contribution in [0.5, 0.6) is 0 Å². The van der Waals surface area contributed by atoms with E-state index in [4.69, 9.17) is 4.42 Å². The minimum atomic E-state index is 0.695. The number of aromatic nitrogens is 2. The van der Waals surface area contributed by atoms with Gasteiger partial charge in [0.2, 0.25) is 11.4 Å². The molecule has 3 heterocycles. The highest BCUT2D eigenvalue weighted by Gasteiger charge is 2.21. The first-order chi connectivity index (χ1) is 12.6. The Hall–Kier alpha value is -3.20. The number of benzene rings is 2. The van der Waals surface area contributed by atoms with Crippen molar-refractivity contribution < 1.29 is 8.98 Å². The molecule has 0 radical (unpaired) electrons. The van der Waals surface area contributed by atoms with Gasteiger partial charge in [-0.1, -0.05) is 36.4 Å². The summed E-state index contributed by atoms with van der Waals surface area (Å²) in [6.07, 6.45) is 4.03. The van der Waals surface area contributed by atoms with Crippen molar-refractivity contribution in [2.75, 3.05) is 0 Å². The maximum atomic E-state index is 6.29. The lowest BCUT2D eigenvalue weighted by atomic mass is 9.99. The lowest BCUT2D eigenvalue weighted by Crippen LogP contribution is -2.31. The first-order valence-electron chi connectivity index (χ1n) is 8.80. The summed E-state index contributed by atoms with van der Waals surface area (Å²) < 4.78 is 8.45. The maximum absolute atomic E-state index is 6.29. The number of aryl methyl sites for hydroxylation is 3. The Kier molecular flexibility index (Phi) is 3.13. The third-order valence-corrected chi connectivity index (χ3v) is 5.14. The van der Waals surface area contributed by atoms with E-state index < -0.39 is 0 Å². The van der Waals surface area contributed by atoms with E-state index in [0.29, 0.717) is 5.71 Å². The van der Waals surface area contributed by atoms with E-state index in [0.717, 1.165) is 33.0 Å². The number of pyridine rings is 2. The van der Waals surface area contributed by atoms with Gasteiger partial charge in [-0.15, -0.1) is 0 Å². The highest BCUT2D eigenvalue weighted by atomic mass is 16.3. The van der Waals surface area contributed by atoms with Crippen LogP contribution in [0.4, 0.5) is 0 Å². The number of fused-ring (bicyclic) bond motifs is 5. The second-order valence-electron chi connectivity index (χ2n) is 6.96. The van der Waals surface area contributed by atoms with Gasteiger partial charge in [-0.3, -0.25) is 0 Å². The molecule has 0 aliphatic carbocycles. The van der Waals surface area contributed by atoms with Crippen LogP contribution >= 0.6 is 0 Å². The van der Waals surface area contributed by atoms with Crippen LogP contribution in [0.1, 0.15) is 11.1 Å². The number of furan rings is 1. The summed E-state index contributed by atoms with van der Waals surface area (Å²) in [5.74, 6) is 0. The van der Waals surface area contributed by atoms with Gasteiger partial charge in [0, 0.05) is 28.6 Å². The fourth-order valence-electron chi connectivity index (χ4n) is 3.89. The van der Waals surface area contributed by atoms with Crippen LogP contribution in [0.3, 0.4) is 0 Å². The van der Waals surface area contributed by atoms with Gasteiger partial charge < -0.3 is 4.42 Å². The zero-order valence-corrected chi connectivity index (χ0v) is 15.1. The monoisotopic (exact) mass is 339 g/mol. The van der Waals surface area contributed by atoms with Crippen molar-refractivity contribution in [3.05, 3.63) is 72.1 Å². The number of nitrogens with zero attached hydrogens (tertiary/aromatic N) is 2. The normalized spacial score (nSPS) is 11.7. The summed E-state index contributed by atoms with van der Waals surface area (Å²) in [5, 5.41) is 4.52. The molecule has 0 aliphatic rings. The Morgan fingerprint density at radius 1 is 0.923 bits per heavy atom. The van der Waals surface area contributed by atoms with Crippen molar-refractivity contribution in [1.29, 1.82) is 0 Å². The topological polar surface area (TPSA) is 29.9 Å². The van der Waals surface area contributed by atoms with E-state index in [2.05, 4.69) is 79.1 Å². The molecule has 26 heavy (non-hydrogen) atoms. The summed E-state index contributed by atoms with van der Waals surface area (Å²) in [7, 11) is 2.08. The van der Waals surface area contributed by atoms with E-state index in [1.54, 1.807) is 0 Å². The Balaban J connectivity index is 1.96. The molecule has 5 aromatic rings. The van der Waals surface area contributed by atoms with E-state index >= 15 is 0 Å². The number of hydrogen-bond donors (Lipinski definition) is 0. The summed E-state index contributed by atoms with van der Waals surface area (Å²) in [4.78, 5) is 4.57. The molecule has 0 N–H and O–H groups in total. The third-order valence-electron chi connectivity index (χ3n) is 5.14. The summed E-state index contributed by atoms with van der Waals surface area (Å²) >= 11 is 0. The zero-order chi connectivity index (χ0) is 17.8. The molecule has 0 unspecified atom stereocenters. The van der Waals surface area contributed by atoms with Gasteiger partial charge >= 0.3 is 0 Å². The highest BCUT2D eigenvalue weighted by molar-refractivity contribution is 6.19. The van der Waals surface area contributed by atoms with Crippen molar-refractivity contribution >= 4 is 32.8 Å². The number of rotatable bonds is 1. The lowest BCUT2D eigenvalue weighted by molar-refractivity contribution is -0.660. The van der Waals surface area contributed by atoms with E-state index in [1.807, 2.05) is 12.3 Å². The molecule has 0 fully saturated rings. The van der Waals surface area contributed by atoms with E-state index in [1.165, 1.54) is 16.5 Å². The van der Waals surface area contributed by atoms with Crippen molar-refractivity contribution in [3.8, 4) is 11.3 Å². The number of hydrogen-bond acceptors (Lipinski definition) is 2. The average molecular weight is 339 g/mol. The predicted molar refractivity (Wildman–Crippen MR) is 105 cm³/mol. The Labute approximate surface area is 151 Å². The Morgan fingerprint density at radius 2 is 1.77 bits per heavy atom. The molecular weight excluding hydrogens is 320 g/mol. The largest absolute Gasteiger partial charge is 0.437 e. The smallest absolute Gasteiger partial charge is 0.227 e. The van der Waals surface area contributed by atoms with Gasteiger partial charge in [-0.25, -0.2) is 9.55 Å². The average Bonchev–Trinajstić information content (AvgIpc) is 3.01. The molecule has 0 atom stereocenters. The van der Waals surface area contributed by atoms with E-state index in [9.17, 15) is 0 Å². The van der Waals surface area contributed by atoms with Crippen molar-refractivity contribution in [2.45, 2.75) is 13.8 Å². The molecule has 3 nitrogen and oxygen atoms in total. The van der Waals surface area contributed by atoms with Gasteiger partial charge in [0.1, 0.15) is 7.05 Å². The van der Waals surface area contributed by atoms with Crippen LogP contribution in [0.25, 0.3) is 44.1 Å². The SMILES string of the molecule is Cc1ccc(-c2c(C)ccc3c2oc2ncc4ccccc4c23)[n+](C)c1.